The van der Waals surface area contributed by atoms with Crippen LogP contribution in [-0.2, 0) is 4.79 Å². The van der Waals surface area contributed by atoms with E-state index in [9.17, 15) is 19.5 Å². The van der Waals surface area contributed by atoms with Crippen molar-refractivity contribution in [1.82, 2.24) is 24.7 Å². The van der Waals surface area contributed by atoms with Crippen molar-refractivity contribution in [2.24, 2.45) is 5.73 Å². The van der Waals surface area contributed by atoms with Crippen molar-refractivity contribution in [2.75, 3.05) is 25.6 Å². The van der Waals surface area contributed by atoms with E-state index in [2.05, 4.69) is 25.4 Å². The molecule has 0 aliphatic carbocycles. The number of methoxy groups -OCH3 is 1. The maximum Gasteiger partial charge on any atom is 0.349 e. The van der Waals surface area contributed by atoms with Crippen LogP contribution in [0.25, 0.3) is 5.82 Å². The number of hydrogen-bond acceptors (Lipinski definition) is 11. The van der Waals surface area contributed by atoms with Crippen LogP contribution in [0, 0.1) is 11.2 Å². The summed E-state index contributed by atoms with van der Waals surface area (Å²) in [5, 5.41) is 24.1. The van der Waals surface area contributed by atoms with Crippen molar-refractivity contribution in [2.45, 2.75) is 13.0 Å². The van der Waals surface area contributed by atoms with Gasteiger partial charge < -0.3 is 35.4 Å². The molecule has 0 aliphatic heterocycles. The minimum Gasteiger partial charge on any atom is -0.497 e. The molecular weight excluding hydrogens is 543 g/mol. The third-order valence-corrected chi connectivity index (χ3v) is 5.57. The van der Waals surface area contributed by atoms with E-state index < -0.39 is 29.1 Å². The number of nitrogens with one attached hydrogen (secondary N) is 4. The second-order valence-corrected chi connectivity index (χ2v) is 8.37. The van der Waals surface area contributed by atoms with Crippen LogP contribution < -0.4 is 36.5 Å². The average Bonchev–Trinajstić information content (AvgIpc) is 3.32. The third-order valence-electron chi connectivity index (χ3n) is 5.57. The van der Waals surface area contributed by atoms with Gasteiger partial charge in [-0.2, -0.15) is 4.68 Å². The highest BCUT2D eigenvalue weighted by Gasteiger charge is 2.27. The summed E-state index contributed by atoms with van der Waals surface area (Å²) in [7, 11) is 1.35. The minimum atomic E-state index is -1.27. The molecule has 0 bridgehead atoms. The Kier molecular flexibility index (Phi) is 8.43. The van der Waals surface area contributed by atoms with Gasteiger partial charge in [0.15, 0.2) is 17.4 Å². The molecule has 15 nitrogen and oxygen atoms in total. The molecule has 0 fully saturated rings. The maximum atomic E-state index is 15.9. The van der Waals surface area contributed by atoms with Crippen LogP contribution in [0.5, 0.6) is 17.2 Å². The number of rotatable bonds is 11. The third kappa shape index (κ3) is 6.22. The second-order valence-electron chi connectivity index (χ2n) is 8.37. The van der Waals surface area contributed by atoms with Crippen molar-refractivity contribution >= 4 is 17.5 Å². The highest BCUT2D eigenvalue weighted by molar-refractivity contribution is 5.98. The maximum absolute atomic E-state index is 15.9. The summed E-state index contributed by atoms with van der Waals surface area (Å²) in [4.78, 5) is 45.6. The van der Waals surface area contributed by atoms with Crippen LogP contribution >= 0.6 is 0 Å². The molecule has 214 valence electrons. The number of aliphatic hydroxyl groups excluding tert-OH is 1. The summed E-state index contributed by atoms with van der Waals surface area (Å²) < 4.78 is 32.4. The molecule has 0 saturated carbocycles. The molecule has 2 aromatic heterocycles. The number of anilines is 1. The number of carbonyl (C=O) groups is 1. The number of amidine groups is 1. The van der Waals surface area contributed by atoms with Gasteiger partial charge in [-0.15, -0.1) is 5.10 Å². The zero-order valence-corrected chi connectivity index (χ0v) is 21.7. The Morgan fingerprint density at radius 1 is 1.27 bits per heavy atom. The number of esters is 1. The lowest BCUT2D eigenvalue weighted by Gasteiger charge is -2.21. The van der Waals surface area contributed by atoms with E-state index in [1.807, 2.05) is 0 Å². The number of hydrogen-bond donors (Lipinski definition) is 6. The van der Waals surface area contributed by atoms with Crippen LogP contribution in [0.15, 0.2) is 52.3 Å². The standard InChI is InChI=1S/C25H25FN8O7/c1-12(36)41-17-9-13(3-4-15(17)21(27)28)31-20(16-10-14(39-2)11-18(19(16)26)40-8-7-35)22-32-25(38)34(33-22)23-24(37)30-6-5-29-23/h3-6,9-11,20,31,35H,7-8H2,1-2H3,(H3,27,28)(H,30,37)(H,32,33,38). The summed E-state index contributed by atoms with van der Waals surface area (Å²) in [6.45, 7) is 0.572. The zero-order valence-electron chi connectivity index (χ0n) is 21.7. The quantitative estimate of drug-likeness (QED) is 0.0635. The molecule has 1 unspecified atom stereocenters. The zero-order chi connectivity index (χ0) is 29.7. The smallest absolute Gasteiger partial charge is 0.349 e. The van der Waals surface area contributed by atoms with Crippen molar-refractivity contribution in [1.29, 1.82) is 5.41 Å². The monoisotopic (exact) mass is 568 g/mol. The lowest BCUT2D eigenvalue weighted by molar-refractivity contribution is -0.131. The molecule has 0 amide bonds. The lowest BCUT2D eigenvalue weighted by atomic mass is 10.0. The molecule has 0 spiro atoms. The van der Waals surface area contributed by atoms with Gasteiger partial charge in [0.1, 0.15) is 30.0 Å². The van der Waals surface area contributed by atoms with Gasteiger partial charge in [-0.1, -0.05) is 0 Å². The number of aliphatic hydroxyl groups is 1. The van der Waals surface area contributed by atoms with Crippen LogP contribution in [-0.4, -0.2) is 62.0 Å². The number of aromatic amines is 2. The Bertz CT molecular complexity index is 1710. The molecular formula is C25H25FN8O7. The summed E-state index contributed by atoms with van der Waals surface area (Å²) in [6.07, 6.45) is 2.53. The van der Waals surface area contributed by atoms with Gasteiger partial charge in [-0.05, 0) is 18.2 Å². The molecule has 0 radical (unpaired) electrons. The molecule has 4 rings (SSSR count). The van der Waals surface area contributed by atoms with E-state index in [1.54, 1.807) is 0 Å². The summed E-state index contributed by atoms with van der Waals surface area (Å²) in [6, 6.07) is 5.58. The Labute approximate surface area is 230 Å². The lowest BCUT2D eigenvalue weighted by Crippen LogP contribution is -2.25. The van der Waals surface area contributed by atoms with Crippen LogP contribution in [0.4, 0.5) is 10.1 Å². The number of carbonyl (C=O) groups excluding carboxylic acids is 1. The van der Waals surface area contributed by atoms with E-state index in [0.717, 1.165) is 0 Å². The van der Waals surface area contributed by atoms with Crippen LogP contribution in [0.1, 0.15) is 29.9 Å². The number of H-pyrrole nitrogens is 2. The number of aromatic nitrogens is 5. The first-order chi connectivity index (χ1) is 19.6. The van der Waals surface area contributed by atoms with Crippen LogP contribution in [0.3, 0.4) is 0 Å². The number of nitrogens with two attached hydrogens (primary N) is 1. The Hall–Kier alpha value is -5.51. The second kappa shape index (κ2) is 12.1. The number of halogens is 1. The van der Waals surface area contributed by atoms with Crippen molar-refractivity contribution in [3.63, 3.8) is 0 Å². The average molecular weight is 569 g/mol. The van der Waals surface area contributed by atoms with Gasteiger partial charge in [0.2, 0.25) is 5.82 Å². The first-order valence-electron chi connectivity index (χ1n) is 11.9. The van der Waals surface area contributed by atoms with E-state index in [4.69, 9.17) is 25.4 Å². The van der Waals surface area contributed by atoms with Crippen molar-refractivity contribution in [3.8, 4) is 23.1 Å². The molecule has 7 N–H and O–H groups in total. The Morgan fingerprint density at radius 3 is 2.71 bits per heavy atom. The van der Waals surface area contributed by atoms with Gasteiger partial charge >= 0.3 is 11.7 Å². The van der Waals surface area contributed by atoms with Crippen molar-refractivity contribution < 1.29 is 28.5 Å². The number of ether oxygens (including phenoxy) is 3. The van der Waals surface area contributed by atoms with Gasteiger partial charge in [0, 0.05) is 42.7 Å². The summed E-state index contributed by atoms with van der Waals surface area (Å²) in [5.41, 5.74) is 4.32. The fourth-order valence-corrected chi connectivity index (χ4v) is 3.82. The molecule has 41 heavy (non-hydrogen) atoms. The van der Waals surface area contributed by atoms with Crippen LogP contribution in [0.2, 0.25) is 0 Å². The molecule has 0 aliphatic rings. The fraction of sp³-hybridized carbons (Fsp3) is 0.200. The van der Waals surface area contributed by atoms with E-state index in [0.29, 0.717) is 4.68 Å². The van der Waals surface area contributed by atoms with Crippen molar-refractivity contribution in [3.05, 3.63) is 86.3 Å². The summed E-state index contributed by atoms with van der Waals surface area (Å²) in [5.74, 6) is -2.52. The highest BCUT2D eigenvalue weighted by Crippen LogP contribution is 2.35. The first kappa shape index (κ1) is 28.5. The molecule has 2 aromatic carbocycles. The molecule has 2 heterocycles. The largest absolute Gasteiger partial charge is 0.497 e. The predicted molar refractivity (Wildman–Crippen MR) is 142 cm³/mol. The normalized spacial score (nSPS) is 11.5. The number of nitrogen functional groups attached to an aromatic ring is 1. The highest BCUT2D eigenvalue weighted by atomic mass is 19.1. The molecule has 16 heteroatoms. The Balaban J connectivity index is 1.90. The van der Waals surface area contributed by atoms with E-state index in [-0.39, 0.29) is 64.8 Å². The molecule has 0 saturated heterocycles. The molecule has 1 atom stereocenters. The number of nitrogens with zero attached hydrogens (tertiary/aromatic N) is 3. The van der Waals surface area contributed by atoms with E-state index >= 15 is 4.39 Å². The van der Waals surface area contributed by atoms with E-state index in [1.165, 1.54) is 56.8 Å². The molecule has 4 aromatic rings. The van der Waals surface area contributed by atoms with Gasteiger partial charge in [0.05, 0.1) is 19.3 Å². The SMILES string of the molecule is COc1cc(OCCO)c(F)c(C(Nc2ccc(C(=N)N)c(OC(C)=O)c2)c2nn(-c3ncc[nH]c3=O)c(=O)[nH]2)c1. The van der Waals surface area contributed by atoms with Gasteiger partial charge in [0.25, 0.3) is 5.56 Å². The number of benzene rings is 2. The fourth-order valence-electron chi connectivity index (χ4n) is 3.82. The topological polar surface area (TPSA) is 223 Å². The van der Waals surface area contributed by atoms with Gasteiger partial charge in [-0.25, -0.2) is 14.2 Å². The Morgan fingerprint density at radius 2 is 2.05 bits per heavy atom. The van der Waals surface area contributed by atoms with Gasteiger partial charge in [-0.3, -0.25) is 20.0 Å². The first-order valence-corrected chi connectivity index (χ1v) is 11.9. The summed E-state index contributed by atoms with van der Waals surface area (Å²) >= 11 is 0. The predicted octanol–water partition coefficient (Wildman–Crippen LogP) is 0.574. The minimum absolute atomic E-state index is 0.0501.